The number of pyridine rings is 1. The minimum Gasteiger partial charge on any atom is -0.499 e. The number of amidine groups is 1. The van der Waals surface area contributed by atoms with E-state index >= 15 is 0 Å². The summed E-state index contributed by atoms with van der Waals surface area (Å²) in [6, 6.07) is 11.1. The third kappa shape index (κ3) is 12.1. The second-order valence-corrected chi connectivity index (χ2v) is 9.59. The third-order valence-corrected chi connectivity index (χ3v) is 5.95. The van der Waals surface area contributed by atoms with Gasteiger partial charge >= 0.3 is 0 Å². The molecule has 2 aromatic rings. The van der Waals surface area contributed by atoms with E-state index in [1.54, 1.807) is 11.1 Å². The zero-order valence-corrected chi connectivity index (χ0v) is 26.5. The van der Waals surface area contributed by atoms with Crippen molar-refractivity contribution in [3.05, 3.63) is 90.0 Å². The zero-order valence-electron chi connectivity index (χ0n) is 26.5. The second-order valence-electron chi connectivity index (χ2n) is 9.59. The number of nitrogens with two attached hydrogens (primary N) is 1. The smallest absolute Gasteiger partial charge is 0.259 e. The Morgan fingerprint density at radius 1 is 1.24 bits per heavy atom. The number of anilines is 1. The number of allylic oxidation sites excluding steroid dienone is 2. The van der Waals surface area contributed by atoms with Crippen LogP contribution in [0.1, 0.15) is 76.7 Å². The molecule has 4 N–H and O–H groups in total. The summed E-state index contributed by atoms with van der Waals surface area (Å²) in [5.74, 6) is 1.19. The number of carbonyl (C=O) groups excluding carboxylic acids is 1. The lowest BCUT2D eigenvalue weighted by Crippen LogP contribution is -2.33. The molecule has 0 fully saturated rings. The van der Waals surface area contributed by atoms with E-state index in [9.17, 15) is 4.79 Å². The Hall–Kier alpha value is -4.20. The molecule has 8 nitrogen and oxygen atoms in total. The second kappa shape index (κ2) is 19.8. The number of ether oxygens (including phenoxy) is 1. The maximum Gasteiger partial charge on any atom is 0.259 e. The largest absolute Gasteiger partial charge is 0.499 e. The maximum atomic E-state index is 13.6. The van der Waals surface area contributed by atoms with Gasteiger partial charge < -0.3 is 15.8 Å². The van der Waals surface area contributed by atoms with Gasteiger partial charge in [-0.1, -0.05) is 65.0 Å². The van der Waals surface area contributed by atoms with E-state index in [-0.39, 0.29) is 17.7 Å². The highest BCUT2D eigenvalue weighted by Crippen LogP contribution is 2.24. The first kappa shape index (κ1) is 35.8. The van der Waals surface area contributed by atoms with Crippen molar-refractivity contribution in [2.24, 2.45) is 16.6 Å². The molecule has 0 radical (unpaired) electrons. The predicted octanol–water partition coefficient (Wildman–Crippen LogP) is 7.50. The van der Waals surface area contributed by atoms with Crippen LogP contribution >= 0.6 is 0 Å². The van der Waals surface area contributed by atoms with Crippen LogP contribution in [0.15, 0.2) is 83.9 Å². The summed E-state index contributed by atoms with van der Waals surface area (Å²) < 4.78 is 5.47. The molecule has 228 valence electrons. The molecule has 1 aromatic heterocycles. The lowest BCUT2D eigenvalue weighted by molar-refractivity contribution is 0.0985. The molecule has 42 heavy (non-hydrogen) atoms. The number of nitrogens with one attached hydrogen (secondary N) is 2. The minimum atomic E-state index is -0.159. The monoisotopic (exact) mass is 574 g/mol. The fourth-order valence-corrected chi connectivity index (χ4v) is 3.82. The van der Waals surface area contributed by atoms with Crippen LogP contribution in [0.4, 0.5) is 11.5 Å². The third-order valence-electron chi connectivity index (χ3n) is 5.95. The Bertz CT molecular complexity index is 1230. The molecule has 1 unspecified atom stereocenters. The summed E-state index contributed by atoms with van der Waals surface area (Å²) in [4.78, 5) is 24.4. The normalized spacial score (nSPS) is 13.8. The topological polar surface area (TPSA) is 117 Å². The van der Waals surface area contributed by atoms with Crippen molar-refractivity contribution < 1.29 is 9.53 Å². The van der Waals surface area contributed by atoms with Gasteiger partial charge in [0.15, 0.2) is 0 Å². The van der Waals surface area contributed by atoms with Crippen LogP contribution in [-0.2, 0) is 4.74 Å². The van der Waals surface area contributed by atoms with Crippen LogP contribution in [0.25, 0.3) is 0 Å². The van der Waals surface area contributed by atoms with Gasteiger partial charge in [-0.25, -0.2) is 4.98 Å². The first-order valence-corrected chi connectivity index (χ1v) is 14.8. The average Bonchev–Trinajstić information content (AvgIpc) is 2.99. The number of carbonyl (C=O) groups is 1. The van der Waals surface area contributed by atoms with Gasteiger partial charge in [0.25, 0.3) is 5.91 Å². The molecule has 1 aliphatic carbocycles. The number of amides is 1. The minimum absolute atomic E-state index is 0.0360. The zero-order chi connectivity index (χ0) is 31.5. The standard InChI is InChI=1S/C29H36N6O2.C3H8.C2H6/c1-5-37-22(4)15-17-35(27-8-6-7-16-32-27)29(36)24-10-9-20(2)26(18-24)34-21(3)19-33-25-13-11-23(12-14-25)28(30)31;1-3-2;1-2/h6-11,13-14,16,18,23,33H,4-5,12,15,17,19H2,1-3H3,(H3,30,31);3H2,1-2H3;1-2H3. The van der Waals surface area contributed by atoms with Crippen molar-refractivity contribution in [2.45, 2.75) is 67.7 Å². The van der Waals surface area contributed by atoms with E-state index in [0.29, 0.717) is 49.7 Å². The Kier molecular flexibility index (Phi) is 16.9. The van der Waals surface area contributed by atoms with Crippen LogP contribution in [0, 0.1) is 18.3 Å². The number of aliphatic imine (C=N–C) groups is 1. The van der Waals surface area contributed by atoms with Gasteiger partial charge in [0.1, 0.15) is 5.82 Å². The predicted molar refractivity (Wildman–Crippen MR) is 178 cm³/mol. The molecular formula is C34H50N6O2. The Balaban J connectivity index is 0.00000165. The van der Waals surface area contributed by atoms with Gasteiger partial charge in [0.05, 0.1) is 30.4 Å². The summed E-state index contributed by atoms with van der Waals surface area (Å²) in [5.41, 5.74) is 9.70. The molecular weight excluding hydrogens is 524 g/mol. The first-order chi connectivity index (χ1) is 20.2. The van der Waals surface area contributed by atoms with Crippen LogP contribution in [0.2, 0.25) is 0 Å². The number of aryl methyl sites for hydroxylation is 1. The van der Waals surface area contributed by atoms with Gasteiger partial charge in [-0.2, -0.15) is 0 Å². The van der Waals surface area contributed by atoms with Gasteiger partial charge in [-0.15, -0.1) is 0 Å². The average molecular weight is 575 g/mol. The molecule has 0 aliphatic heterocycles. The van der Waals surface area contributed by atoms with Gasteiger partial charge in [0.2, 0.25) is 0 Å². The highest BCUT2D eigenvalue weighted by atomic mass is 16.5. The molecule has 1 atom stereocenters. The molecule has 8 heteroatoms. The van der Waals surface area contributed by atoms with E-state index in [1.165, 1.54) is 6.42 Å². The van der Waals surface area contributed by atoms with Crippen molar-refractivity contribution in [3.8, 4) is 0 Å². The number of hydrogen-bond donors (Lipinski definition) is 3. The van der Waals surface area contributed by atoms with Gasteiger partial charge in [-0.05, 0) is 63.1 Å². The quantitative estimate of drug-likeness (QED) is 0.138. The molecule has 1 aliphatic rings. The van der Waals surface area contributed by atoms with E-state index in [4.69, 9.17) is 20.9 Å². The number of hydrogen-bond acceptors (Lipinski definition) is 6. The molecule has 0 saturated carbocycles. The molecule has 0 bridgehead atoms. The highest BCUT2D eigenvalue weighted by Gasteiger charge is 2.20. The van der Waals surface area contributed by atoms with E-state index in [0.717, 1.165) is 22.7 Å². The van der Waals surface area contributed by atoms with Crippen molar-refractivity contribution in [1.82, 2.24) is 10.3 Å². The van der Waals surface area contributed by atoms with Crippen LogP contribution in [-0.4, -0.2) is 42.1 Å². The number of nitrogens with zero attached hydrogens (tertiary/aromatic N) is 3. The number of aromatic nitrogens is 1. The summed E-state index contributed by atoms with van der Waals surface area (Å²) in [6.45, 7) is 19.5. The van der Waals surface area contributed by atoms with Crippen molar-refractivity contribution in [3.63, 3.8) is 0 Å². The van der Waals surface area contributed by atoms with Crippen LogP contribution in [0.3, 0.4) is 0 Å². The Labute approximate surface area is 253 Å². The van der Waals surface area contributed by atoms with Gasteiger partial charge in [-0.3, -0.25) is 20.1 Å². The fourth-order valence-electron chi connectivity index (χ4n) is 3.82. The summed E-state index contributed by atoms with van der Waals surface area (Å²) >= 11 is 0. The highest BCUT2D eigenvalue weighted by molar-refractivity contribution is 6.06. The van der Waals surface area contributed by atoms with E-state index in [1.807, 2.05) is 89.2 Å². The molecule has 1 aromatic carbocycles. The van der Waals surface area contributed by atoms with Crippen molar-refractivity contribution >= 4 is 29.0 Å². The molecule has 0 saturated heterocycles. The molecule has 0 spiro atoms. The molecule has 1 amide bonds. The van der Waals surface area contributed by atoms with Crippen molar-refractivity contribution in [2.75, 3.05) is 24.6 Å². The number of benzene rings is 1. The fraction of sp³-hybridized carbons (Fsp3) is 0.412. The Morgan fingerprint density at radius 3 is 2.52 bits per heavy atom. The number of rotatable bonds is 12. The SMILES string of the molecule is C=C(CCN(C(=O)c1ccc(C)c(N=C(C)CNC2=CCC(C(=N)N)C=C2)c1)c1ccccn1)OCC.CC.CCC. The van der Waals surface area contributed by atoms with E-state index < -0.39 is 0 Å². The molecule has 1 heterocycles. The summed E-state index contributed by atoms with van der Waals surface area (Å²) in [5, 5.41) is 10.9. The first-order valence-electron chi connectivity index (χ1n) is 14.8. The summed E-state index contributed by atoms with van der Waals surface area (Å²) in [7, 11) is 0. The van der Waals surface area contributed by atoms with Crippen LogP contribution < -0.4 is 16.0 Å². The Morgan fingerprint density at radius 2 is 1.95 bits per heavy atom. The maximum absolute atomic E-state index is 13.6. The summed E-state index contributed by atoms with van der Waals surface area (Å²) in [6.07, 6.45) is 10.1. The van der Waals surface area contributed by atoms with Gasteiger partial charge in [0, 0.05) is 42.1 Å². The lowest BCUT2D eigenvalue weighted by Gasteiger charge is -2.22. The van der Waals surface area contributed by atoms with Crippen LogP contribution in [0.5, 0.6) is 0 Å². The molecule has 3 rings (SSSR count). The lowest BCUT2D eigenvalue weighted by atomic mass is 9.98. The van der Waals surface area contributed by atoms with Crippen molar-refractivity contribution in [1.29, 1.82) is 5.41 Å². The van der Waals surface area contributed by atoms with E-state index in [2.05, 4.69) is 30.7 Å².